The quantitative estimate of drug-likeness (QED) is 0.416. The van der Waals surface area contributed by atoms with Gasteiger partial charge in [0.25, 0.3) is 5.91 Å². The summed E-state index contributed by atoms with van der Waals surface area (Å²) in [7, 11) is -3.45. The monoisotopic (exact) mass is 482 g/mol. The van der Waals surface area contributed by atoms with E-state index in [1.54, 1.807) is 42.1 Å². The fourth-order valence-corrected chi connectivity index (χ4v) is 5.02. The van der Waals surface area contributed by atoms with Gasteiger partial charge in [-0.05, 0) is 54.8 Å². The van der Waals surface area contributed by atoms with Crippen LogP contribution < -0.4 is 9.62 Å². The molecule has 7 heteroatoms. The number of amides is 1. The van der Waals surface area contributed by atoms with Crippen LogP contribution in [-0.4, -0.2) is 32.9 Å². The number of aryl methyl sites for hydroxylation is 2. The van der Waals surface area contributed by atoms with Crippen LogP contribution in [0, 0.1) is 13.8 Å². The number of nitrogens with zero attached hydrogens (tertiary/aromatic N) is 1. The van der Waals surface area contributed by atoms with Crippen LogP contribution in [-0.2, 0) is 22.3 Å². The van der Waals surface area contributed by atoms with Gasteiger partial charge in [-0.2, -0.15) is 11.8 Å². The van der Waals surface area contributed by atoms with E-state index in [4.69, 9.17) is 0 Å². The third-order valence-electron chi connectivity index (χ3n) is 5.15. The van der Waals surface area contributed by atoms with Crippen LogP contribution in [0.25, 0.3) is 0 Å². The zero-order valence-corrected chi connectivity index (χ0v) is 20.9. The summed E-state index contributed by atoms with van der Waals surface area (Å²) in [6.45, 7) is 4.80. The van der Waals surface area contributed by atoms with Crippen molar-refractivity contribution < 1.29 is 13.2 Å². The first kappa shape index (κ1) is 24.9. The molecule has 0 aliphatic heterocycles. The predicted molar refractivity (Wildman–Crippen MR) is 138 cm³/mol. The molecule has 0 saturated carbocycles. The fraction of sp³-hybridized carbons (Fsp3) is 0.269. The average Bonchev–Trinajstić information content (AvgIpc) is 2.78. The van der Waals surface area contributed by atoms with Crippen molar-refractivity contribution in [3.8, 4) is 0 Å². The van der Waals surface area contributed by atoms with Gasteiger partial charge in [-0.1, -0.05) is 54.1 Å². The van der Waals surface area contributed by atoms with E-state index < -0.39 is 10.0 Å². The number of rotatable bonds is 10. The molecule has 0 fully saturated rings. The molecule has 0 bridgehead atoms. The molecule has 0 heterocycles. The molecule has 0 aliphatic carbocycles. The zero-order valence-electron chi connectivity index (χ0n) is 19.2. The number of hydrogen-bond acceptors (Lipinski definition) is 4. The van der Waals surface area contributed by atoms with Crippen LogP contribution >= 0.6 is 11.8 Å². The largest absolute Gasteiger partial charge is 0.351 e. The van der Waals surface area contributed by atoms with Crippen molar-refractivity contribution >= 4 is 33.4 Å². The van der Waals surface area contributed by atoms with Crippen molar-refractivity contribution in [1.29, 1.82) is 0 Å². The zero-order chi connectivity index (χ0) is 23.8. The lowest BCUT2D eigenvalue weighted by atomic mass is 10.1. The normalized spacial score (nSPS) is 11.2. The smallest absolute Gasteiger partial charge is 0.251 e. The minimum atomic E-state index is -3.45. The molecular weight excluding hydrogens is 452 g/mol. The summed E-state index contributed by atoms with van der Waals surface area (Å²) in [5.41, 5.74) is 5.52. The summed E-state index contributed by atoms with van der Waals surface area (Å²) in [4.78, 5) is 12.4. The standard InChI is InChI=1S/C26H30N2O3S2/c1-20-7-9-23(10-8-20)19-32-16-15-27-26(29)24-13-11-22(12-14-24)18-28(33(3,30)31)25-6-4-5-21(2)17-25/h4-14,17H,15-16,18-19H2,1-3H3,(H,27,29). The lowest BCUT2D eigenvalue weighted by molar-refractivity contribution is 0.0956. The Morgan fingerprint density at radius 1 is 0.909 bits per heavy atom. The minimum absolute atomic E-state index is 0.129. The minimum Gasteiger partial charge on any atom is -0.351 e. The van der Waals surface area contributed by atoms with Crippen LogP contribution in [0.4, 0.5) is 5.69 Å². The van der Waals surface area contributed by atoms with Gasteiger partial charge in [0.1, 0.15) is 0 Å². The molecule has 0 radical (unpaired) electrons. The Hall–Kier alpha value is -2.77. The van der Waals surface area contributed by atoms with Gasteiger partial charge in [-0.3, -0.25) is 9.10 Å². The van der Waals surface area contributed by atoms with E-state index in [2.05, 4.69) is 36.5 Å². The molecule has 0 aliphatic rings. The number of benzene rings is 3. The van der Waals surface area contributed by atoms with E-state index in [1.165, 1.54) is 21.7 Å². The third-order valence-corrected chi connectivity index (χ3v) is 7.32. The molecule has 5 nitrogen and oxygen atoms in total. The molecule has 174 valence electrons. The lowest BCUT2D eigenvalue weighted by Gasteiger charge is -2.23. The van der Waals surface area contributed by atoms with Gasteiger partial charge in [0.15, 0.2) is 0 Å². The van der Waals surface area contributed by atoms with E-state index >= 15 is 0 Å². The highest BCUT2D eigenvalue weighted by Gasteiger charge is 2.18. The molecule has 33 heavy (non-hydrogen) atoms. The maximum Gasteiger partial charge on any atom is 0.251 e. The van der Waals surface area contributed by atoms with Crippen LogP contribution in [0.3, 0.4) is 0 Å². The highest BCUT2D eigenvalue weighted by Crippen LogP contribution is 2.22. The van der Waals surface area contributed by atoms with Gasteiger partial charge in [-0.25, -0.2) is 8.42 Å². The molecule has 0 saturated heterocycles. The Morgan fingerprint density at radius 3 is 2.21 bits per heavy atom. The molecular formula is C26H30N2O3S2. The number of anilines is 1. The number of carbonyl (C=O) groups is 1. The Morgan fingerprint density at radius 2 is 1.58 bits per heavy atom. The molecule has 0 unspecified atom stereocenters. The number of carbonyl (C=O) groups excluding carboxylic acids is 1. The van der Waals surface area contributed by atoms with E-state index in [9.17, 15) is 13.2 Å². The van der Waals surface area contributed by atoms with E-state index in [0.717, 1.165) is 22.6 Å². The van der Waals surface area contributed by atoms with Crippen molar-refractivity contribution in [3.05, 3.63) is 101 Å². The molecule has 0 aromatic heterocycles. The van der Waals surface area contributed by atoms with Crippen molar-refractivity contribution in [1.82, 2.24) is 5.32 Å². The van der Waals surface area contributed by atoms with Gasteiger partial charge in [0, 0.05) is 23.6 Å². The van der Waals surface area contributed by atoms with Gasteiger partial charge in [-0.15, -0.1) is 0 Å². The molecule has 3 aromatic carbocycles. The Balaban J connectivity index is 1.52. The predicted octanol–water partition coefficient (Wildman–Crippen LogP) is 4.93. The van der Waals surface area contributed by atoms with Gasteiger partial charge < -0.3 is 5.32 Å². The van der Waals surface area contributed by atoms with E-state index in [1.807, 2.05) is 25.1 Å². The van der Waals surface area contributed by atoms with Crippen LogP contribution in [0.15, 0.2) is 72.8 Å². The van der Waals surface area contributed by atoms with Gasteiger partial charge in [0.05, 0.1) is 18.5 Å². The van der Waals surface area contributed by atoms with Crippen molar-refractivity contribution in [2.45, 2.75) is 26.1 Å². The maximum atomic E-state index is 12.4. The fourth-order valence-electron chi connectivity index (χ4n) is 3.32. The average molecular weight is 483 g/mol. The lowest BCUT2D eigenvalue weighted by Crippen LogP contribution is -2.29. The Bertz CT molecular complexity index is 1170. The second-order valence-electron chi connectivity index (χ2n) is 8.10. The summed E-state index contributed by atoms with van der Waals surface area (Å²) >= 11 is 1.78. The number of sulfonamides is 1. The Labute approximate surface area is 201 Å². The second kappa shape index (κ2) is 11.4. The summed E-state index contributed by atoms with van der Waals surface area (Å²) in [5.74, 6) is 1.62. The molecule has 1 amide bonds. The first-order valence-corrected chi connectivity index (χ1v) is 13.8. The van der Waals surface area contributed by atoms with Crippen molar-refractivity contribution in [2.24, 2.45) is 0 Å². The first-order valence-electron chi connectivity index (χ1n) is 10.8. The van der Waals surface area contributed by atoms with Crippen LogP contribution in [0.1, 0.15) is 32.6 Å². The number of nitrogens with one attached hydrogen (secondary N) is 1. The van der Waals surface area contributed by atoms with E-state index in [-0.39, 0.29) is 12.5 Å². The highest BCUT2D eigenvalue weighted by molar-refractivity contribution is 7.98. The van der Waals surface area contributed by atoms with E-state index in [0.29, 0.717) is 17.8 Å². The highest BCUT2D eigenvalue weighted by atomic mass is 32.2. The molecule has 0 atom stereocenters. The maximum absolute atomic E-state index is 12.4. The summed E-state index contributed by atoms with van der Waals surface area (Å²) < 4.78 is 26.1. The van der Waals surface area contributed by atoms with Gasteiger partial charge >= 0.3 is 0 Å². The Kier molecular flexibility index (Phi) is 8.58. The SMILES string of the molecule is Cc1ccc(CSCCNC(=O)c2ccc(CN(c3cccc(C)c3)S(C)(=O)=O)cc2)cc1. The summed E-state index contributed by atoms with van der Waals surface area (Å²) in [5, 5.41) is 2.94. The molecule has 3 aromatic rings. The van der Waals surface area contributed by atoms with Crippen molar-refractivity contribution in [3.63, 3.8) is 0 Å². The summed E-state index contributed by atoms with van der Waals surface area (Å²) in [6, 6.07) is 23.0. The van der Waals surface area contributed by atoms with Gasteiger partial charge in [0.2, 0.25) is 10.0 Å². The summed E-state index contributed by atoms with van der Waals surface area (Å²) in [6.07, 6.45) is 1.20. The number of hydrogen-bond donors (Lipinski definition) is 1. The second-order valence-corrected chi connectivity index (χ2v) is 11.1. The molecule has 1 N–H and O–H groups in total. The third kappa shape index (κ3) is 7.65. The number of thioether (sulfide) groups is 1. The molecule has 0 spiro atoms. The van der Waals surface area contributed by atoms with Crippen LogP contribution in [0.2, 0.25) is 0 Å². The van der Waals surface area contributed by atoms with Crippen LogP contribution in [0.5, 0.6) is 0 Å². The molecule has 3 rings (SSSR count). The topological polar surface area (TPSA) is 66.5 Å². The first-order chi connectivity index (χ1) is 15.7. The van der Waals surface area contributed by atoms with Crippen molar-refractivity contribution in [2.75, 3.05) is 22.9 Å².